The van der Waals surface area contributed by atoms with Crippen molar-refractivity contribution in [1.82, 2.24) is 0 Å². The van der Waals surface area contributed by atoms with Crippen molar-refractivity contribution in [2.45, 2.75) is 26.8 Å². The predicted octanol–water partition coefficient (Wildman–Crippen LogP) is 5.25. The molecule has 0 bridgehead atoms. The fourth-order valence-electron chi connectivity index (χ4n) is 2.25. The van der Waals surface area contributed by atoms with Gasteiger partial charge >= 0.3 is 0 Å². The average molecular weight is 334 g/mol. The number of ether oxygens (including phenoxy) is 1. The topological polar surface area (TPSA) is 21.3 Å². The van der Waals surface area contributed by atoms with E-state index in [0.29, 0.717) is 0 Å². The van der Waals surface area contributed by atoms with E-state index in [-0.39, 0.29) is 6.04 Å². The minimum atomic E-state index is 0.186. The van der Waals surface area contributed by atoms with Crippen LogP contribution in [0.15, 0.2) is 40.9 Å². The van der Waals surface area contributed by atoms with Gasteiger partial charge in [-0.1, -0.05) is 33.6 Å². The maximum atomic E-state index is 5.45. The second-order valence-electron chi connectivity index (χ2n) is 5.08. The molecule has 0 saturated carbocycles. The first-order chi connectivity index (χ1) is 9.51. The first-order valence-electron chi connectivity index (χ1n) is 6.68. The molecule has 0 aliphatic rings. The normalized spacial score (nSPS) is 12.1. The lowest BCUT2D eigenvalue weighted by molar-refractivity contribution is 0.408. The van der Waals surface area contributed by atoms with Crippen molar-refractivity contribution >= 4 is 21.6 Å². The maximum Gasteiger partial charge on any atom is 0.124 e. The van der Waals surface area contributed by atoms with E-state index < -0.39 is 0 Å². The zero-order chi connectivity index (χ0) is 14.7. The summed E-state index contributed by atoms with van der Waals surface area (Å²) in [5.74, 6) is 0.921. The zero-order valence-electron chi connectivity index (χ0n) is 12.3. The highest BCUT2D eigenvalue weighted by Gasteiger charge is 2.12. The first kappa shape index (κ1) is 14.9. The summed E-state index contributed by atoms with van der Waals surface area (Å²) in [7, 11) is 1.71. The van der Waals surface area contributed by atoms with E-state index in [4.69, 9.17) is 4.74 Å². The summed E-state index contributed by atoms with van der Waals surface area (Å²) in [5, 5.41) is 3.53. The second kappa shape index (κ2) is 6.31. The van der Waals surface area contributed by atoms with E-state index in [9.17, 15) is 0 Å². The molecule has 1 unspecified atom stereocenters. The molecule has 106 valence electrons. The molecular weight excluding hydrogens is 314 g/mol. The van der Waals surface area contributed by atoms with Gasteiger partial charge in [-0.05, 0) is 50.6 Å². The molecule has 0 heterocycles. The lowest BCUT2D eigenvalue weighted by Gasteiger charge is -2.19. The molecule has 0 aromatic heterocycles. The third-order valence-corrected chi connectivity index (χ3v) is 4.28. The number of anilines is 1. The van der Waals surface area contributed by atoms with Crippen molar-refractivity contribution in [2.75, 3.05) is 12.4 Å². The van der Waals surface area contributed by atoms with Gasteiger partial charge in [0, 0.05) is 15.7 Å². The molecular formula is C17H20BrNO. The van der Waals surface area contributed by atoms with Gasteiger partial charge in [-0.25, -0.2) is 0 Å². The number of methoxy groups -OCH3 is 1. The van der Waals surface area contributed by atoms with Crippen molar-refractivity contribution in [1.29, 1.82) is 0 Å². The van der Waals surface area contributed by atoms with Crippen molar-refractivity contribution in [3.63, 3.8) is 0 Å². The van der Waals surface area contributed by atoms with E-state index in [1.165, 1.54) is 16.7 Å². The van der Waals surface area contributed by atoms with Crippen LogP contribution in [-0.2, 0) is 0 Å². The van der Waals surface area contributed by atoms with Gasteiger partial charge in [0.2, 0.25) is 0 Å². The van der Waals surface area contributed by atoms with Gasteiger partial charge in [0.1, 0.15) is 5.75 Å². The van der Waals surface area contributed by atoms with Gasteiger partial charge in [-0.2, -0.15) is 0 Å². The smallest absolute Gasteiger partial charge is 0.124 e. The van der Waals surface area contributed by atoms with Crippen LogP contribution in [0.5, 0.6) is 5.75 Å². The summed E-state index contributed by atoms with van der Waals surface area (Å²) in [6.07, 6.45) is 0. The van der Waals surface area contributed by atoms with Crippen LogP contribution in [0, 0.1) is 13.8 Å². The Kier molecular flexibility index (Phi) is 4.71. The van der Waals surface area contributed by atoms with Gasteiger partial charge in [0.15, 0.2) is 0 Å². The number of rotatable bonds is 4. The Labute approximate surface area is 129 Å². The van der Waals surface area contributed by atoms with Crippen LogP contribution in [-0.4, -0.2) is 7.11 Å². The molecule has 0 aliphatic heterocycles. The van der Waals surface area contributed by atoms with Crippen LogP contribution in [0.2, 0.25) is 0 Å². The summed E-state index contributed by atoms with van der Waals surface area (Å²) in [5.41, 5.74) is 4.75. The average Bonchev–Trinajstić information content (AvgIpc) is 2.43. The maximum absolute atomic E-state index is 5.45. The number of aryl methyl sites for hydroxylation is 2. The van der Waals surface area contributed by atoms with Crippen molar-refractivity contribution in [3.8, 4) is 5.75 Å². The van der Waals surface area contributed by atoms with E-state index in [1.54, 1.807) is 7.11 Å². The Morgan fingerprint density at radius 3 is 2.50 bits per heavy atom. The Balaban J connectivity index is 2.25. The molecule has 20 heavy (non-hydrogen) atoms. The monoisotopic (exact) mass is 333 g/mol. The SMILES string of the molecule is COc1ccc(C)cc1C(C)Nc1ccc(Br)c(C)c1. The summed E-state index contributed by atoms with van der Waals surface area (Å²) >= 11 is 3.53. The fraction of sp³-hybridized carbons (Fsp3) is 0.294. The molecule has 0 spiro atoms. The summed E-state index contributed by atoms with van der Waals surface area (Å²) in [4.78, 5) is 0. The lowest BCUT2D eigenvalue weighted by Crippen LogP contribution is -2.08. The van der Waals surface area contributed by atoms with Gasteiger partial charge in [0.25, 0.3) is 0 Å². The van der Waals surface area contributed by atoms with E-state index in [0.717, 1.165) is 15.9 Å². The molecule has 0 radical (unpaired) electrons. The number of hydrogen-bond donors (Lipinski definition) is 1. The molecule has 0 amide bonds. The van der Waals surface area contributed by atoms with E-state index >= 15 is 0 Å². The Hall–Kier alpha value is -1.48. The number of nitrogens with one attached hydrogen (secondary N) is 1. The van der Waals surface area contributed by atoms with Gasteiger partial charge in [0.05, 0.1) is 13.2 Å². The third kappa shape index (κ3) is 3.34. The molecule has 0 fully saturated rings. The summed E-state index contributed by atoms with van der Waals surface area (Å²) in [6.45, 7) is 6.33. The standard InChI is InChI=1S/C17H20BrNO/c1-11-5-8-17(20-4)15(9-11)13(3)19-14-6-7-16(18)12(2)10-14/h5-10,13,19H,1-4H3. The quantitative estimate of drug-likeness (QED) is 0.825. The zero-order valence-corrected chi connectivity index (χ0v) is 13.9. The number of benzene rings is 2. The van der Waals surface area contributed by atoms with Gasteiger partial charge in [-0.3, -0.25) is 0 Å². The number of halogens is 1. The van der Waals surface area contributed by atoms with Crippen LogP contribution in [0.3, 0.4) is 0 Å². The minimum absolute atomic E-state index is 0.186. The lowest BCUT2D eigenvalue weighted by atomic mass is 10.0. The minimum Gasteiger partial charge on any atom is -0.496 e. The second-order valence-corrected chi connectivity index (χ2v) is 5.93. The van der Waals surface area contributed by atoms with Crippen molar-refractivity contribution in [2.24, 2.45) is 0 Å². The molecule has 2 aromatic rings. The summed E-state index contributed by atoms with van der Waals surface area (Å²) in [6, 6.07) is 12.7. The van der Waals surface area contributed by atoms with Crippen LogP contribution in [0.1, 0.15) is 29.7 Å². The molecule has 2 nitrogen and oxygen atoms in total. The Morgan fingerprint density at radius 1 is 1.10 bits per heavy atom. The van der Waals surface area contributed by atoms with Crippen LogP contribution in [0.25, 0.3) is 0 Å². The van der Waals surface area contributed by atoms with E-state index in [2.05, 4.69) is 72.3 Å². The molecule has 2 rings (SSSR count). The van der Waals surface area contributed by atoms with Crippen molar-refractivity contribution in [3.05, 3.63) is 57.6 Å². The Morgan fingerprint density at radius 2 is 1.85 bits per heavy atom. The molecule has 1 atom stereocenters. The Bertz CT molecular complexity index is 610. The van der Waals surface area contributed by atoms with Crippen LogP contribution < -0.4 is 10.1 Å². The van der Waals surface area contributed by atoms with Gasteiger partial charge < -0.3 is 10.1 Å². The van der Waals surface area contributed by atoms with Crippen LogP contribution in [0.4, 0.5) is 5.69 Å². The number of hydrogen-bond acceptors (Lipinski definition) is 2. The predicted molar refractivity (Wildman–Crippen MR) is 88.6 cm³/mol. The third-order valence-electron chi connectivity index (χ3n) is 3.39. The highest BCUT2D eigenvalue weighted by atomic mass is 79.9. The van der Waals surface area contributed by atoms with Crippen LogP contribution >= 0.6 is 15.9 Å². The summed E-state index contributed by atoms with van der Waals surface area (Å²) < 4.78 is 6.58. The van der Waals surface area contributed by atoms with Gasteiger partial charge in [-0.15, -0.1) is 0 Å². The largest absolute Gasteiger partial charge is 0.496 e. The highest BCUT2D eigenvalue weighted by molar-refractivity contribution is 9.10. The van der Waals surface area contributed by atoms with Crippen molar-refractivity contribution < 1.29 is 4.74 Å². The molecule has 1 N–H and O–H groups in total. The first-order valence-corrected chi connectivity index (χ1v) is 7.48. The molecule has 2 aromatic carbocycles. The highest BCUT2D eigenvalue weighted by Crippen LogP contribution is 2.29. The molecule has 3 heteroatoms. The fourth-order valence-corrected chi connectivity index (χ4v) is 2.50. The van der Waals surface area contributed by atoms with E-state index in [1.807, 2.05) is 6.07 Å². The molecule has 0 aliphatic carbocycles. The molecule has 0 saturated heterocycles.